The molecule has 1 atom stereocenters. The fourth-order valence-electron chi connectivity index (χ4n) is 2.82. The van der Waals surface area contributed by atoms with Gasteiger partial charge in [0, 0.05) is 11.5 Å². The number of amides is 1. The van der Waals surface area contributed by atoms with Gasteiger partial charge in [0.25, 0.3) is 10.0 Å². The molecule has 2 aromatic carbocycles. The van der Waals surface area contributed by atoms with Gasteiger partial charge in [0.15, 0.2) is 0 Å². The molecule has 0 saturated heterocycles. The fraction of sp³-hybridized carbons (Fsp3) is 0.235. The summed E-state index contributed by atoms with van der Waals surface area (Å²) in [4.78, 5) is 12.8. The van der Waals surface area contributed by atoms with E-state index in [1.165, 1.54) is 13.1 Å². The van der Waals surface area contributed by atoms with Crippen LogP contribution in [0.1, 0.15) is 22.6 Å². The van der Waals surface area contributed by atoms with Crippen LogP contribution in [0.2, 0.25) is 0 Å². The summed E-state index contributed by atoms with van der Waals surface area (Å²) in [5, 5.41) is 0. The Labute approximate surface area is 144 Å². The Bertz CT molecular complexity index is 892. The molecule has 0 N–H and O–H groups in total. The molecule has 4 nitrogen and oxygen atoms in total. The monoisotopic (exact) mass is 393 g/mol. The van der Waals surface area contributed by atoms with E-state index < -0.39 is 10.0 Å². The number of hydrogen-bond acceptors (Lipinski definition) is 3. The summed E-state index contributed by atoms with van der Waals surface area (Å²) in [6.07, 6.45) is 0.590. The van der Waals surface area contributed by atoms with Gasteiger partial charge in [-0.3, -0.25) is 4.79 Å². The first-order valence-corrected chi connectivity index (χ1v) is 9.42. The van der Waals surface area contributed by atoms with Gasteiger partial charge in [-0.25, -0.2) is 12.7 Å². The van der Waals surface area contributed by atoms with Crippen molar-refractivity contribution in [3.05, 3.63) is 63.6 Å². The first-order chi connectivity index (χ1) is 10.8. The van der Waals surface area contributed by atoms with E-state index >= 15 is 0 Å². The zero-order valence-electron chi connectivity index (χ0n) is 12.8. The van der Waals surface area contributed by atoms with Crippen molar-refractivity contribution >= 4 is 31.9 Å². The van der Waals surface area contributed by atoms with E-state index in [4.69, 9.17) is 0 Å². The smallest absolute Gasteiger partial charge is 0.266 e. The van der Waals surface area contributed by atoms with Crippen LogP contribution in [0.3, 0.4) is 0 Å². The van der Waals surface area contributed by atoms with Crippen LogP contribution in [0.4, 0.5) is 0 Å². The van der Waals surface area contributed by atoms with Crippen molar-refractivity contribution in [3.63, 3.8) is 0 Å². The standard InChI is InChI=1S/C17H16BrNO3S/c1-11-7-8-13(18)10-16(11)23(21,22)19(2)17(20)15-9-12-5-3-4-6-14(12)15/h3-8,10,15H,9H2,1-2H3. The highest BCUT2D eigenvalue weighted by Crippen LogP contribution is 2.37. The molecule has 0 radical (unpaired) electrons. The van der Waals surface area contributed by atoms with Crippen molar-refractivity contribution in [2.75, 3.05) is 7.05 Å². The molecule has 1 unspecified atom stereocenters. The van der Waals surface area contributed by atoms with E-state index in [2.05, 4.69) is 15.9 Å². The molecule has 0 aliphatic heterocycles. The molecular formula is C17H16BrNO3S. The fourth-order valence-corrected chi connectivity index (χ4v) is 4.74. The highest BCUT2D eigenvalue weighted by molar-refractivity contribution is 9.10. The zero-order chi connectivity index (χ0) is 16.8. The predicted molar refractivity (Wildman–Crippen MR) is 91.7 cm³/mol. The SMILES string of the molecule is Cc1ccc(Br)cc1S(=O)(=O)N(C)C(=O)C1Cc2ccccc21. The molecule has 2 aromatic rings. The Morgan fingerprint density at radius 3 is 2.61 bits per heavy atom. The number of halogens is 1. The van der Waals surface area contributed by atoms with Gasteiger partial charge in [-0.15, -0.1) is 0 Å². The number of rotatable bonds is 3. The molecule has 23 heavy (non-hydrogen) atoms. The molecular weight excluding hydrogens is 378 g/mol. The number of sulfonamides is 1. The maximum absolute atomic E-state index is 12.8. The topological polar surface area (TPSA) is 54.5 Å². The summed E-state index contributed by atoms with van der Waals surface area (Å²) in [7, 11) is -2.53. The van der Waals surface area contributed by atoms with Crippen molar-refractivity contribution in [1.82, 2.24) is 4.31 Å². The largest absolute Gasteiger partial charge is 0.273 e. The van der Waals surface area contributed by atoms with Crippen molar-refractivity contribution in [1.29, 1.82) is 0 Å². The number of fused-ring (bicyclic) bond motifs is 1. The third-order valence-electron chi connectivity index (χ3n) is 4.25. The summed E-state index contributed by atoms with van der Waals surface area (Å²) in [6.45, 7) is 1.72. The van der Waals surface area contributed by atoms with Crippen LogP contribution < -0.4 is 0 Å². The van der Waals surface area contributed by atoms with Gasteiger partial charge in [0.2, 0.25) is 5.91 Å². The number of carbonyl (C=O) groups excluding carboxylic acids is 1. The summed E-state index contributed by atoms with van der Waals surface area (Å²) >= 11 is 3.28. The third-order valence-corrected chi connectivity index (χ3v) is 6.64. The molecule has 1 amide bonds. The number of benzene rings is 2. The van der Waals surface area contributed by atoms with Crippen LogP contribution in [-0.4, -0.2) is 25.7 Å². The molecule has 120 valence electrons. The lowest BCUT2D eigenvalue weighted by molar-refractivity contribution is -0.127. The summed E-state index contributed by atoms with van der Waals surface area (Å²) in [5.74, 6) is -0.762. The lowest BCUT2D eigenvalue weighted by atomic mass is 9.77. The molecule has 3 rings (SSSR count). The normalized spacial score (nSPS) is 16.4. The maximum atomic E-state index is 12.8. The molecule has 6 heteroatoms. The van der Waals surface area contributed by atoms with Gasteiger partial charge in [-0.1, -0.05) is 46.3 Å². The van der Waals surface area contributed by atoms with Gasteiger partial charge >= 0.3 is 0 Å². The van der Waals surface area contributed by atoms with Crippen LogP contribution in [0.5, 0.6) is 0 Å². The first-order valence-electron chi connectivity index (χ1n) is 7.19. The van der Waals surface area contributed by atoms with Gasteiger partial charge in [0.05, 0.1) is 10.8 Å². The average Bonchev–Trinajstić information content (AvgIpc) is 2.49. The maximum Gasteiger partial charge on any atom is 0.266 e. The minimum atomic E-state index is -3.86. The Morgan fingerprint density at radius 1 is 1.22 bits per heavy atom. The minimum absolute atomic E-state index is 0.148. The molecule has 0 aromatic heterocycles. The lowest BCUT2D eigenvalue weighted by Gasteiger charge is -2.32. The average molecular weight is 394 g/mol. The summed E-state index contributed by atoms with van der Waals surface area (Å²) < 4.78 is 27.1. The van der Waals surface area contributed by atoms with Gasteiger partial charge in [0.1, 0.15) is 0 Å². The Balaban J connectivity index is 1.92. The Kier molecular flexibility index (Phi) is 4.06. The predicted octanol–water partition coefficient (Wildman–Crippen LogP) is 3.24. The van der Waals surface area contributed by atoms with E-state index in [9.17, 15) is 13.2 Å². The Hall–Kier alpha value is -1.66. The Morgan fingerprint density at radius 2 is 1.91 bits per heavy atom. The lowest BCUT2D eigenvalue weighted by Crippen LogP contribution is -2.40. The number of nitrogens with zero attached hydrogens (tertiary/aromatic N) is 1. The van der Waals surface area contributed by atoms with Crippen LogP contribution in [0, 0.1) is 6.92 Å². The molecule has 1 aliphatic rings. The summed E-state index contributed by atoms with van der Waals surface area (Å²) in [6, 6.07) is 12.7. The number of hydrogen-bond donors (Lipinski definition) is 0. The van der Waals surface area contributed by atoms with E-state index in [1.54, 1.807) is 19.1 Å². The van der Waals surface area contributed by atoms with Crippen molar-refractivity contribution in [2.24, 2.45) is 0 Å². The van der Waals surface area contributed by atoms with Crippen LogP contribution >= 0.6 is 15.9 Å². The molecule has 0 fully saturated rings. The molecule has 0 bridgehead atoms. The highest BCUT2D eigenvalue weighted by atomic mass is 79.9. The van der Waals surface area contributed by atoms with Crippen LogP contribution in [0.25, 0.3) is 0 Å². The van der Waals surface area contributed by atoms with Crippen LogP contribution in [-0.2, 0) is 21.2 Å². The number of aryl methyl sites for hydroxylation is 1. The molecule has 0 heterocycles. The second-order valence-corrected chi connectivity index (χ2v) is 8.53. The van der Waals surface area contributed by atoms with Crippen molar-refractivity contribution < 1.29 is 13.2 Å². The van der Waals surface area contributed by atoms with Crippen molar-refractivity contribution in [3.8, 4) is 0 Å². The van der Waals surface area contributed by atoms with E-state index in [0.29, 0.717) is 16.5 Å². The van der Waals surface area contributed by atoms with Gasteiger partial charge in [-0.2, -0.15) is 0 Å². The zero-order valence-corrected chi connectivity index (χ0v) is 15.2. The van der Waals surface area contributed by atoms with E-state index in [1.807, 2.05) is 24.3 Å². The second kappa shape index (κ2) is 5.76. The van der Waals surface area contributed by atoms with E-state index in [-0.39, 0.29) is 16.7 Å². The first kappa shape index (κ1) is 16.2. The highest BCUT2D eigenvalue weighted by Gasteiger charge is 2.38. The molecule has 0 saturated carbocycles. The van der Waals surface area contributed by atoms with E-state index in [0.717, 1.165) is 15.4 Å². The van der Waals surface area contributed by atoms with Crippen LogP contribution in [0.15, 0.2) is 51.8 Å². The van der Waals surface area contributed by atoms with Gasteiger partial charge < -0.3 is 0 Å². The third kappa shape index (κ3) is 2.70. The molecule has 1 aliphatic carbocycles. The number of carbonyl (C=O) groups is 1. The second-order valence-electron chi connectivity index (χ2n) is 5.68. The number of likely N-dealkylation sites (N-methyl/N-ethyl adjacent to an activating group) is 1. The minimum Gasteiger partial charge on any atom is -0.273 e. The molecule has 0 spiro atoms. The van der Waals surface area contributed by atoms with Gasteiger partial charge in [-0.05, 0) is 42.2 Å². The summed E-state index contributed by atoms with van der Waals surface area (Å²) in [5.41, 5.74) is 2.64. The van der Waals surface area contributed by atoms with Crippen molar-refractivity contribution in [2.45, 2.75) is 24.2 Å². The quantitative estimate of drug-likeness (QED) is 0.803.